The molecule has 0 aliphatic heterocycles. The molecule has 1 aromatic carbocycles. The van der Waals surface area contributed by atoms with Crippen LogP contribution in [0.1, 0.15) is 46.1 Å². The molecule has 0 bridgehead atoms. The van der Waals surface area contributed by atoms with Crippen molar-refractivity contribution >= 4 is 5.96 Å². The fraction of sp³-hybridized carbons (Fsp3) is 0.650. The average Bonchev–Trinajstić information content (AvgIpc) is 2.63. The second-order valence-corrected chi connectivity index (χ2v) is 6.22. The van der Waals surface area contributed by atoms with E-state index >= 15 is 0 Å². The van der Waals surface area contributed by atoms with Crippen LogP contribution < -0.4 is 15.4 Å². The molecule has 2 N–H and O–H groups in total. The molecule has 0 aliphatic carbocycles. The number of hydrogen-bond donors (Lipinski definition) is 2. The van der Waals surface area contributed by atoms with Crippen LogP contribution >= 0.6 is 0 Å². The first-order valence-electron chi connectivity index (χ1n) is 9.54. The van der Waals surface area contributed by atoms with E-state index in [-0.39, 0.29) is 0 Å². The van der Waals surface area contributed by atoms with Crippen LogP contribution in [0.25, 0.3) is 0 Å². The Kier molecular flexibility index (Phi) is 10.7. The molecule has 1 unspecified atom stereocenters. The molecule has 0 saturated carbocycles. The van der Waals surface area contributed by atoms with Crippen LogP contribution in [0.2, 0.25) is 0 Å². The summed E-state index contributed by atoms with van der Waals surface area (Å²) in [6.07, 6.45) is 2.33. The van der Waals surface area contributed by atoms with Crippen LogP contribution in [0, 0.1) is 0 Å². The van der Waals surface area contributed by atoms with Crippen LogP contribution in [-0.4, -0.2) is 50.2 Å². The third-order valence-corrected chi connectivity index (χ3v) is 4.28. The molecule has 0 spiro atoms. The van der Waals surface area contributed by atoms with Crippen molar-refractivity contribution in [3.8, 4) is 5.75 Å². The first-order chi connectivity index (χ1) is 12.1. The van der Waals surface area contributed by atoms with Gasteiger partial charge in [0.05, 0.1) is 6.61 Å². The minimum absolute atomic E-state index is 0.400. The summed E-state index contributed by atoms with van der Waals surface area (Å²) in [5.74, 6) is 1.76. The number of nitrogens with one attached hydrogen (secondary N) is 2. The van der Waals surface area contributed by atoms with Gasteiger partial charge in [0.25, 0.3) is 0 Å². The van der Waals surface area contributed by atoms with Crippen LogP contribution in [-0.2, 0) is 6.54 Å². The highest BCUT2D eigenvalue weighted by Crippen LogP contribution is 2.13. The third-order valence-electron chi connectivity index (χ3n) is 4.28. The Morgan fingerprint density at radius 1 is 1.24 bits per heavy atom. The Balaban J connectivity index is 2.37. The number of ether oxygens (including phenoxy) is 1. The first kappa shape index (κ1) is 21.3. The average molecular weight is 349 g/mol. The Hall–Kier alpha value is -1.75. The normalized spacial score (nSPS) is 13.0. The van der Waals surface area contributed by atoms with Crippen molar-refractivity contribution in [2.24, 2.45) is 4.99 Å². The van der Waals surface area contributed by atoms with Gasteiger partial charge in [-0.2, -0.15) is 0 Å². The Morgan fingerprint density at radius 3 is 2.64 bits per heavy atom. The van der Waals surface area contributed by atoms with Crippen molar-refractivity contribution < 1.29 is 4.74 Å². The smallest absolute Gasteiger partial charge is 0.191 e. The van der Waals surface area contributed by atoms with Crippen LogP contribution in [0.15, 0.2) is 29.3 Å². The van der Waals surface area contributed by atoms with Gasteiger partial charge in [-0.3, -0.25) is 4.99 Å². The zero-order valence-electron chi connectivity index (χ0n) is 16.6. The molecule has 0 radical (unpaired) electrons. The minimum Gasteiger partial charge on any atom is -0.494 e. The second kappa shape index (κ2) is 12.6. The summed E-state index contributed by atoms with van der Waals surface area (Å²) in [5.41, 5.74) is 1.18. The molecule has 5 heteroatoms. The Morgan fingerprint density at radius 2 is 2.00 bits per heavy atom. The molecular weight excluding hydrogens is 312 g/mol. The summed E-state index contributed by atoms with van der Waals surface area (Å²) in [6, 6.07) is 8.57. The van der Waals surface area contributed by atoms with Crippen LogP contribution in [0.5, 0.6) is 5.75 Å². The van der Waals surface area contributed by atoms with Crippen molar-refractivity contribution in [3.63, 3.8) is 0 Å². The van der Waals surface area contributed by atoms with Crippen molar-refractivity contribution in [2.45, 2.75) is 53.1 Å². The van der Waals surface area contributed by atoms with E-state index < -0.39 is 0 Å². The monoisotopic (exact) mass is 348 g/mol. The summed E-state index contributed by atoms with van der Waals surface area (Å²) in [4.78, 5) is 6.79. The van der Waals surface area contributed by atoms with E-state index in [1.54, 1.807) is 0 Å². The highest BCUT2D eigenvalue weighted by Gasteiger charge is 2.07. The largest absolute Gasteiger partial charge is 0.494 e. The van der Waals surface area contributed by atoms with Gasteiger partial charge in [0.2, 0.25) is 0 Å². The maximum Gasteiger partial charge on any atom is 0.191 e. The molecule has 1 rings (SSSR count). The summed E-state index contributed by atoms with van der Waals surface area (Å²) in [7, 11) is 1.81. The fourth-order valence-corrected chi connectivity index (χ4v) is 2.76. The van der Waals surface area contributed by atoms with E-state index in [1.807, 2.05) is 26.1 Å². The lowest BCUT2D eigenvalue weighted by molar-refractivity contribution is 0.292. The predicted octanol–water partition coefficient (Wildman–Crippen LogP) is 3.26. The highest BCUT2D eigenvalue weighted by atomic mass is 16.5. The first-order valence-corrected chi connectivity index (χ1v) is 9.54. The van der Waals surface area contributed by atoms with Gasteiger partial charge in [-0.25, -0.2) is 0 Å². The van der Waals surface area contributed by atoms with E-state index in [0.29, 0.717) is 12.6 Å². The molecule has 0 aliphatic rings. The van der Waals surface area contributed by atoms with E-state index in [0.717, 1.165) is 44.3 Å². The number of nitrogens with zero attached hydrogens (tertiary/aromatic N) is 2. The number of guanidine groups is 1. The van der Waals surface area contributed by atoms with E-state index in [2.05, 4.69) is 53.4 Å². The summed E-state index contributed by atoms with van der Waals surface area (Å²) in [5, 5.41) is 6.86. The summed E-state index contributed by atoms with van der Waals surface area (Å²) < 4.78 is 5.55. The number of rotatable bonds is 11. The quantitative estimate of drug-likeness (QED) is 0.476. The molecule has 1 atom stereocenters. The maximum atomic E-state index is 5.55. The van der Waals surface area contributed by atoms with Gasteiger partial charge in [-0.05, 0) is 64.0 Å². The van der Waals surface area contributed by atoms with Crippen molar-refractivity contribution in [1.29, 1.82) is 0 Å². The zero-order chi connectivity index (χ0) is 18.5. The summed E-state index contributed by atoms with van der Waals surface area (Å²) >= 11 is 0. The Labute approximate surface area is 153 Å². The fourth-order valence-electron chi connectivity index (χ4n) is 2.76. The lowest BCUT2D eigenvalue weighted by atomic mass is 10.2. The standard InChI is InChI=1S/C20H36N4O/c1-6-24(7-2)14-10-11-17(4)23-20(21-5)22-16-18-12-9-13-19(15-18)25-8-3/h9,12-13,15,17H,6-8,10-11,14,16H2,1-5H3,(H2,21,22,23). The topological polar surface area (TPSA) is 48.9 Å². The number of aliphatic imine (C=N–C) groups is 1. The zero-order valence-corrected chi connectivity index (χ0v) is 16.6. The van der Waals surface area contributed by atoms with Gasteiger partial charge in [-0.15, -0.1) is 0 Å². The van der Waals surface area contributed by atoms with E-state index in [9.17, 15) is 0 Å². The highest BCUT2D eigenvalue weighted by molar-refractivity contribution is 5.79. The van der Waals surface area contributed by atoms with Crippen molar-refractivity contribution in [3.05, 3.63) is 29.8 Å². The molecule has 0 amide bonds. The van der Waals surface area contributed by atoms with Gasteiger partial charge < -0.3 is 20.3 Å². The number of hydrogen-bond acceptors (Lipinski definition) is 3. The Bertz CT molecular complexity index is 500. The van der Waals surface area contributed by atoms with E-state index in [4.69, 9.17) is 4.74 Å². The van der Waals surface area contributed by atoms with Crippen LogP contribution in [0.3, 0.4) is 0 Å². The third kappa shape index (κ3) is 8.77. The lowest BCUT2D eigenvalue weighted by Gasteiger charge is -2.21. The molecule has 0 heterocycles. The van der Waals surface area contributed by atoms with Gasteiger partial charge in [0, 0.05) is 19.6 Å². The van der Waals surface area contributed by atoms with Gasteiger partial charge in [0.1, 0.15) is 5.75 Å². The second-order valence-electron chi connectivity index (χ2n) is 6.22. The maximum absolute atomic E-state index is 5.55. The van der Waals surface area contributed by atoms with Gasteiger partial charge in [-0.1, -0.05) is 26.0 Å². The number of benzene rings is 1. The summed E-state index contributed by atoms with van der Waals surface area (Å²) in [6.45, 7) is 13.5. The van der Waals surface area contributed by atoms with Gasteiger partial charge >= 0.3 is 0 Å². The van der Waals surface area contributed by atoms with Crippen LogP contribution in [0.4, 0.5) is 0 Å². The molecule has 0 saturated heterocycles. The molecule has 1 aromatic rings. The lowest BCUT2D eigenvalue weighted by Crippen LogP contribution is -2.42. The molecular formula is C20H36N4O. The molecule has 142 valence electrons. The SMILES string of the molecule is CCOc1cccc(CNC(=NC)NC(C)CCCN(CC)CC)c1. The molecule has 0 fully saturated rings. The molecule has 25 heavy (non-hydrogen) atoms. The van der Waals surface area contributed by atoms with Gasteiger partial charge in [0.15, 0.2) is 5.96 Å². The minimum atomic E-state index is 0.400. The van der Waals surface area contributed by atoms with E-state index in [1.165, 1.54) is 12.0 Å². The predicted molar refractivity (Wildman–Crippen MR) is 107 cm³/mol. The molecule has 0 aromatic heterocycles. The molecule has 5 nitrogen and oxygen atoms in total. The van der Waals surface area contributed by atoms with Crippen molar-refractivity contribution in [1.82, 2.24) is 15.5 Å². The van der Waals surface area contributed by atoms with Crippen molar-refractivity contribution in [2.75, 3.05) is 33.3 Å².